The predicted molar refractivity (Wildman–Crippen MR) is 94.8 cm³/mol. The molecular weight excluding hydrogens is 322 g/mol. The molecule has 1 fully saturated rings. The molecule has 1 aliphatic rings. The van der Waals surface area contributed by atoms with Crippen LogP contribution in [0.15, 0.2) is 6.07 Å². The predicted octanol–water partition coefficient (Wildman–Crippen LogP) is 2.52. The van der Waals surface area contributed by atoms with E-state index in [0.717, 1.165) is 24.2 Å². The normalized spacial score (nSPS) is 16.1. The molecular formula is C18H29N3O4. The summed E-state index contributed by atoms with van der Waals surface area (Å²) in [5, 5.41) is 12.7. The van der Waals surface area contributed by atoms with Crippen LogP contribution in [-0.2, 0) is 18.3 Å². The first kappa shape index (κ1) is 19.3. The van der Waals surface area contributed by atoms with Gasteiger partial charge in [-0.15, -0.1) is 0 Å². The Morgan fingerprint density at radius 3 is 2.40 bits per heavy atom. The van der Waals surface area contributed by atoms with Crippen molar-refractivity contribution in [1.82, 2.24) is 14.8 Å². The molecule has 25 heavy (non-hydrogen) atoms. The number of piperidine rings is 1. The molecule has 0 bridgehead atoms. The summed E-state index contributed by atoms with van der Waals surface area (Å²) >= 11 is 0. The van der Waals surface area contributed by atoms with Gasteiger partial charge in [0, 0.05) is 44.1 Å². The van der Waals surface area contributed by atoms with Crippen LogP contribution >= 0.6 is 0 Å². The highest BCUT2D eigenvalue weighted by Crippen LogP contribution is 2.17. The first-order valence-corrected chi connectivity index (χ1v) is 8.68. The zero-order valence-electron chi connectivity index (χ0n) is 15.8. The van der Waals surface area contributed by atoms with E-state index >= 15 is 0 Å². The van der Waals surface area contributed by atoms with Gasteiger partial charge in [-0.2, -0.15) is 0 Å². The van der Waals surface area contributed by atoms with E-state index in [1.54, 1.807) is 11.0 Å². The summed E-state index contributed by atoms with van der Waals surface area (Å²) in [6.07, 6.45) is 1.46. The number of carboxylic acid groups (broad SMARTS) is 1. The molecule has 1 aromatic heterocycles. The molecule has 1 saturated heterocycles. The summed E-state index contributed by atoms with van der Waals surface area (Å²) in [5.41, 5.74) is 1.57. The Morgan fingerprint density at radius 1 is 1.32 bits per heavy atom. The lowest BCUT2D eigenvalue weighted by molar-refractivity contribution is 0.0197. The summed E-state index contributed by atoms with van der Waals surface area (Å²) in [4.78, 5) is 25.0. The zero-order chi connectivity index (χ0) is 18.8. The molecule has 0 unspecified atom stereocenters. The molecule has 7 heteroatoms. The van der Waals surface area contributed by atoms with Crippen LogP contribution in [0.1, 0.15) is 55.4 Å². The first-order chi connectivity index (χ1) is 11.6. The van der Waals surface area contributed by atoms with Crippen molar-refractivity contribution in [2.24, 2.45) is 7.05 Å². The lowest BCUT2D eigenvalue weighted by atomic mass is 10.1. The molecule has 0 atom stereocenters. The standard InChI is InChI=1S/C18H29N3O4/c1-12-15(16(22)23)10-14(20(12)5)11-19-13-6-8-21(9-7-13)17(24)25-18(2,3)4/h10,13,19H,6-9,11H2,1-5H3,(H,22,23). The number of carbonyl (C=O) groups is 2. The van der Waals surface area contributed by atoms with Crippen LogP contribution in [0.5, 0.6) is 0 Å². The third-order valence-electron chi connectivity index (χ3n) is 4.58. The van der Waals surface area contributed by atoms with Crippen molar-refractivity contribution in [3.05, 3.63) is 23.0 Å². The molecule has 0 spiro atoms. The Hall–Kier alpha value is -2.02. The van der Waals surface area contributed by atoms with Crippen molar-refractivity contribution in [2.75, 3.05) is 13.1 Å². The summed E-state index contributed by atoms with van der Waals surface area (Å²) in [6.45, 7) is 9.36. The fourth-order valence-corrected chi connectivity index (χ4v) is 2.99. The average molecular weight is 351 g/mol. The van der Waals surface area contributed by atoms with Gasteiger partial charge >= 0.3 is 12.1 Å². The Morgan fingerprint density at radius 2 is 1.92 bits per heavy atom. The lowest BCUT2D eigenvalue weighted by Crippen LogP contribution is -2.46. The lowest BCUT2D eigenvalue weighted by Gasteiger charge is -2.33. The molecule has 140 valence electrons. The van der Waals surface area contributed by atoms with E-state index in [1.165, 1.54) is 0 Å². The van der Waals surface area contributed by atoms with Gasteiger partial charge in [0.05, 0.1) is 5.56 Å². The van der Waals surface area contributed by atoms with Crippen LogP contribution in [-0.4, -0.2) is 51.4 Å². The second-order valence-corrected chi connectivity index (χ2v) is 7.62. The Kier molecular flexibility index (Phi) is 5.77. The topological polar surface area (TPSA) is 83.8 Å². The second kappa shape index (κ2) is 7.47. The maximum Gasteiger partial charge on any atom is 0.410 e. The summed E-state index contributed by atoms with van der Waals surface area (Å²) in [7, 11) is 1.88. The number of amides is 1. The molecule has 0 radical (unpaired) electrons. The van der Waals surface area contributed by atoms with Crippen LogP contribution in [0.25, 0.3) is 0 Å². The van der Waals surface area contributed by atoms with Crippen LogP contribution < -0.4 is 5.32 Å². The minimum atomic E-state index is -0.898. The number of carbonyl (C=O) groups excluding carboxylic acids is 1. The minimum absolute atomic E-state index is 0.255. The van der Waals surface area contributed by atoms with E-state index in [2.05, 4.69) is 5.32 Å². The van der Waals surface area contributed by atoms with E-state index in [-0.39, 0.29) is 6.09 Å². The molecule has 1 amide bonds. The maximum atomic E-state index is 12.1. The third kappa shape index (κ3) is 4.98. The van der Waals surface area contributed by atoms with Crippen molar-refractivity contribution in [1.29, 1.82) is 0 Å². The van der Waals surface area contributed by atoms with Crippen molar-refractivity contribution in [3.8, 4) is 0 Å². The number of carboxylic acids is 1. The number of aromatic carboxylic acids is 1. The molecule has 1 aliphatic heterocycles. The summed E-state index contributed by atoms with van der Waals surface area (Å²) in [6, 6.07) is 2.03. The van der Waals surface area contributed by atoms with Crippen LogP contribution in [0.2, 0.25) is 0 Å². The molecule has 2 rings (SSSR count). The fraction of sp³-hybridized carbons (Fsp3) is 0.667. The molecule has 1 aromatic rings. The zero-order valence-corrected chi connectivity index (χ0v) is 15.8. The van der Waals surface area contributed by atoms with Gasteiger partial charge in [0.2, 0.25) is 0 Å². The number of rotatable bonds is 4. The number of ether oxygens (including phenoxy) is 1. The largest absolute Gasteiger partial charge is 0.478 e. The Bertz CT molecular complexity index is 637. The number of nitrogens with zero attached hydrogens (tertiary/aromatic N) is 2. The van der Waals surface area contributed by atoms with Crippen molar-refractivity contribution in [3.63, 3.8) is 0 Å². The van der Waals surface area contributed by atoms with Crippen molar-refractivity contribution < 1.29 is 19.4 Å². The first-order valence-electron chi connectivity index (χ1n) is 8.68. The third-order valence-corrected chi connectivity index (χ3v) is 4.58. The van der Waals surface area contributed by atoms with E-state index in [0.29, 0.717) is 31.2 Å². The van der Waals surface area contributed by atoms with Crippen molar-refractivity contribution in [2.45, 2.75) is 58.7 Å². The van der Waals surface area contributed by atoms with E-state index in [1.807, 2.05) is 39.3 Å². The van der Waals surface area contributed by atoms with Gasteiger partial charge in [-0.25, -0.2) is 9.59 Å². The van der Waals surface area contributed by atoms with Gasteiger partial charge in [-0.3, -0.25) is 0 Å². The summed E-state index contributed by atoms with van der Waals surface area (Å²) in [5.74, 6) is -0.898. The highest BCUT2D eigenvalue weighted by Gasteiger charge is 2.26. The second-order valence-electron chi connectivity index (χ2n) is 7.62. The highest BCUT2D eigenvalue weighted by molar-refractivity contribution is 5.89. The molecule has 0 aliphatic carbocycles. The monoisotopic (exact) mass is 351 g/mol. The molecule has 0 saturated carbocycles. The number of hydrogen-bond acceptors (Lipinski definition) is 4. The SMILES string of the molecule is Cc1c(C(=O)O)cc(CNC2CCN(C(=O)OC(C)(C)C)CC2)n1C. The molecule has 7 nitrogen and oxygen atoms in total. The van der Waals surface area contributed by atoms with Gasteiger partial charge in [0.1, 0.15) is 5.60 Å². The van der Waals surface area contributed by atoms with E-state index in [9.17, 15) is 14.7 Å². The number of likely N-dealkylation sites (tertiary alicyclic amines) is 1. The Balaban J connectivity index is 1.84. The molecule has 2 heterocycles. The van der Waals surface area contributed by atoms with Gasteiger partial charge in [-0.1, -0.05) is 0 Å². The van der Waals surface area contributed by atoms with E-state index in [4.69, 9.17) is 4.74 Å². The summed E-state index contributed by atoms with van der Waals surface area (Å²) < 4.78 is 7.31. The van der Waals surface area contributed by atoms with Crippen LogP contribution in [0.4, 0.5) is 4.79 Å². The van der Waals surface area contributed by atoms with Crippen LogP contribution in [0, 0.1) is 6.92 Å². The number of aromatic nitrogens is 1. The quantitative estimate of drug-likeness (QED) is 0.871. The van der Waals surface area contributed by atoms with Gasteiger partial charge in [0.15, 0.2) is 0 Å². The number of hydrogen-bond donors (Lipinski definition) is 2. The van der Waals surface area contributed by atoms with Crippen LogP contribution in [0.3, 0.4) is 0 Å². The average Bonchev–Trinajstić information content (AvgIpc) is 2.80. The molecule has 2 N–H and O–H groups in total. The minimum Gasteiger partial charge on any atom is -0.478 e. The number of nitrogens with one attached hydrogen (secondary N) is 1. The van der Waals surface area contributed by atoms with Gasteiger partial charge in [-0.05, 0) is 46.6 Å². The van der Waals surface area contributed by atoms with Gasteiger partial charge in [0.25, 0.3) is 0 Å². The molecule has 0 aromatic carbocycles. The van der Waals surface area contributed by atoms with E-state index < -0.39 is 11.6 Å². The smallest absolute Gasteiger partial charge is 0.410 e. The van der Waals surface area contributed by atoms with Crippen molar-refractivity contribution >= 4 is 12.1 Å². The fourth-order valence-electron chi connectivity index (χ4n) is 2.99. The highest BCUT2D eigenvalue weighted by atomic mass is 16.6. The van der Waals surface area contributed by atoms with Gasteiger partial charge < -0.3 is 24.6 Å². The Labute approximate surface area is 148 Å². The maximum absolute atomic E-state index is 12.1.